The summed E-state index contributed by atoms with van der Waals surface area (Å²) in [6, 6.07) is 0. The fourth-order valence-electron chi connectivity index (χ4n) is 0.648. The van der Waals surface area contributed by atoms with Gasteiger partial charge in [0.05, 0.1) is 5.70 Å². The zero-order chi connectivity index (χ0) is 7.78. The Kier molecular flexibility index (Phi) is 1.84. The molecule has 1 rings (SSSR count). The minimum Gasteiger partial charge on any atom is -0.396 e. The van der Waals surface area contributed by atoms with Crippen LogP contribution in [0.5, 0.6) is 0 Å². The standard InChI is InChI=1S/C6H8Cl2N2/c1-6(8)3-2-4(9)5(7)10-6/h2-3,10H,9H2,1H3. The second-order valence-corrected chi connectivity index (χ2v) is 3.47. The van der Waals surface area contributed by atoms with Gasteiger partial charge in [-0.1, -0.05) is 23.2 Å². The molecule has 0 aliphatic carbocycles. The van der Waals surface area contributed by atoms with Gasteiger partial charge in [-0.15, -0.1) is 0 Å². The van der Waals surface area contributed by atoms with Gasteiger partial charge in [0.15, 0.2) is 0 Å². The summed E-state index contributed by atoms with van der Waals surface area (Å²) >= 11 is 11.5. The Morgan fingerprint density at radius 1 is 1.70 bits per heavy atom. The van der Waals surface area contributed by atoms with Crippen LogP contribution < -0.4 is 11.1 Å². The van der Waals surface area contributed by atoms with E-state index in [2.05, 4.69) is 5.32 Å². The number of alkyl halides is 1. The molecule has 3 N–H and O–H groups in total. The van der Waals surface area contributed by atoms with E-state index in [9.17, 15) is 0 Å². The fraction of sp³-hybridized carbons (Fsp3) is 0.333. The number of hydrogen-bond acceptors (Lipinski definition) is 2. The molecule has 0 amide bonds. The molecular formula is C6H8Cl2N2. The smallest absolute Gasteiger partial charge is 0.129 e. The molecule has 1 unspecified atom stereocenters. The van der Waals surface area contributed by atoms with Crippen molar-refractivity contribution in [2.75, 3.05) is 0 Å². The molecule has 1 atom stereocenters. The van der Waals surface area contributed by atoms with Gasteiger partial charge in [-0.25, -0.2) is 0 Å². The van der Waals surface area contributed by atoms with E-state index < -0.39 is 5.00 Å². The molecule has 10 heavy (non-hydrogen) atoms. The molecule has 0 bridgehead atoms. The van der Waals surface area contributed by atoms with Gasteiger partial charge in [0, 0.05) is 0 Å². The first-order chi connectivity index (χ1) is 4.51. The fourth-order valence-corrected chi connectivity index (χ4v) is 1.11. The average molecular weight is 179 g/mol. The molecule has 0 fully saturated rings. The van der Waals surface area contributed by atoms with Crippen LogP contribution in [0.4, 0.5) is 0 Å². The zero-order valence-electron chi connectivity index (χ0n) is 5.49. The van der Waals surface area contributed by atoms with Crippen LogP contribution in [-0.4, -0.2) is 5.00 Å². The number of dihydropyridines is 1. The summed E-state index contributed by atoms with van der Waals surface area (Å²) in [6.07, 6.45) is 3.43. The largest absolute Gasteiger partial charge is 0.396 e. The zero-order valence-corrected chi connectivity index (χ0v) is 7.00. The third-order valence-corrected chi connectivity index (χ3v) is 1.72. The van der Waals surface area contributed by atoms with Crippen LogP contribution in [0, 0.1) is 0 Å². The molecule has 0 spiro atoms. The molecule has 0 aromatic heterocycles. The topological polar surface area (TPSA) is 38.0 Å². The first-order valence-corrected chi connectivity index (χ1v) is 3.58. The van der Waals surface area contributed by atoms with Crippen LogP contribution in [0.15, 0.2) is 23.0 Å². The lowest BCUT2D eigenvalue weighted by molar-refractivity contribution is 0.668. The van der Waals surface area contributed by atoms with Gasteiger partial charge in [0.2, 0.25) is 0 Å². The van der Waals surface area contributed by atoms with Gasteiger partial charge in [0.1, 0.15) is 10.2 Å². The highest BCUT2D eigenvalue weighted by Crippen LogP contribution is 2.21. The van der Waals surface area contributed by atoms with Crippen LogP contribution in [0.3, 0.4) is 0 Å². The second-order valence-electron chi connectivity index (χ2n) is 2.30. The van der Waals surface area contributed by atoms with Crippen molar-refractivity contribution < 1.29 is 0 Å². The lowest BCUT2D eigenvalue weighted by Crippen LogP contribution is -2.36. The molecule has 56 valence electrons. The van der Waals surface area contributed by atoms with E-state index in [1.54, 1.807) is 19.1 Å². The van der Waals surface area contributed by atoms with Crippen molar-refractivity contribution >= 4 is 23.2 Å². The Balaban J connectivity index is 2.85. The van der Waals surface area contributed by atoms with Crippen LogP contribution >= 0.6 is 23.2 Å². The van der Waals surface area contributed by atoms with Gasteiger partial charge < -0.3 is 11.1 Å². The lowest BCUT2D eigenvalue weighted by Gasteiger charge is -2.24. The SMILES string of the molecule is CC1(Cl)C=CC(N)=C(Cl)N1. The van der Waals surface area contributed by atoms with Gasteiger partial charge >= 0.3 is 0 Å². The third kappa shape index (κ3) is 1.58. The molecule has 0 aromatic carbocycles. The Labute approximate surface area is 69.7 Å². The van der Waals surface area contributed by atoms with E-state index in [1.807, 2.05) is 0 Å². The monoisotopic (exact) mass is 178 g/mol. The summed E-state index contributed by atoms with van der Waals surface area (Å²) in [5.41, 5.74) is 5.95. The molecular weight excluding hydrogens is 171 g/mol. The van der Waals surface area contributed by atoms with E-state index in [0.29, 0.717) is 10.9 Å². The number of allylic oxidation sites excluding steroid dienone is 1. The minimum atomic E-state index is -0.597. The van der Waals surface area contributed by atoms with Crippen LogP contribution in [-0.2, 0) is 0 Å². The number of hydrogen-bond donors (Lipinski definition) is 2. The third-order valence-electron chi connectivity index (χ3n) is 1.18. The van der Waals surface area contributed by atoms with Crippen molar-refractivity contribution in [2.24, 2.45) is 5.73 Å². The Hall–Kier alpha value is -0.340. The summed E-state index contributed by atoms with van der Waals surface area (Å²) in [4.78, 5) is -0.597. The minimum absolute atomic E-state index is 0.403. The summed E-state index contributed by atoms with van der Waals surface area (Å²) < 4.78 is 0. The quantitative estimate of drug-likeness (QED) is 0.436. The Bertz CT molecular complexity index is 206. The molecule has 1 heterocycles. The van der Waals surface area contributed by atoms with E-state index in [4.69, 9.17) is 28.9 Å². The highest BCUT2D eigenvalue weighted by Gasteiger charge is 2.20. The van der Waals surface area contributed by atoms with Crippen LogP contribution in [0.2, 0.25) is 0 Å². The first-order valence-electron chi connectivity index (χ1n) is 2.83. The molecule has 0 aromatic rings. The highest BCUT2D eigenvalue weighted by molar-refractivity contribution is 6.31. The number of nitrogens with two attached hydrogens (primary N) is 1. The Morgan fingerprint density at radius 3 is 2.70 bits per heavy atom. The normalized spacial score (nSPS) is 32.3. The molecule has 1 aliphatic heterocycles. The second kappa shape index (κ2) is 2.36. The molecule has 0 saturated carbocycles. The van der Waals surface area contributed by atoms with Crippen molar-refractivity contribution in [1.82, 2.24) is 5.32 Å². The van der Waals surface area contributed by atoms with Crippen molar-refractivity contribution in [3.8, 4) is 0 Å². The number of rotatable bonds is 0. The number of halogens is 2. The van der Waals surface area contributed by atoms with Crippen molar-refractivity contribution in [1.29, 1.82) is 0 Å². The molecule has 4 heteroatoms. The first kappa shape index (κ1) is 7.76. The van der Waals surface area contributed by atoms with E-state index >= 15 is 0 Å². The molecule has 0 saturated heterocycles. The lowest BCUT2D eigenvalue weighted by atomic mass is 10.2. The van der Waals surface area contributed by atoms with Gasteiger partial charge in [-0.05, 0) is 19.1 Å². The number of nitrogens with one attached hydrogen (secondary N) is 1. The van der Waals surface area contributed by atoms with E-state index in [1.165, 1.54) is 0 Å². The maximum Gasteiger partial charge on any atom is 0.129 e. The summed E-state index contributed by atoms with van der Waals surface area (Å²) in [7, 11) is 0. The van der Waals surface area contributed by atoms with Gasteiger partial charge in [-0.3, -0.25) is 0 Å². The predicted octanol–water partition coefficient (Wildman–Crippen LogP) is 1.47. The molecule has 0 radical (unpaired) electrons. The molecule has 2 nitrogen and oxygen atoms in total. The van der Waals surface area contributed by atoms with E-state index in [-0.39, 0.29) is 0 Å². The highest BCUT2D eigenvalue weighted by atomic mass is 35.5. The summed E-state index contributed by atoms with van der Waals surface area (Å²) in [5.74, 6) is 0. The van der Waals surface area contributed by atoms with Crippen molar-refractivity contribution in [3.63, 3.8) is 0 Å². The van der Waals surface area contributed by atoms with Crippen molar-refractivity contribution in [2.45, 2.75) is 11.9 Å². The van der Waals surface area contributed by atoms with E-state index in [0.717, 1.165) is 0 Å². The van der Waals surface area contributed by atoms with Crippen LogP contribution in [0.25, 0.3) is 0 Å². The van der Waals surface area contributed by atoms with Gasteiger partial charge in [0.25, 0.3) is 0 Å². The Morgan fingerprint density at radius 2 is 2.30 bits per heavy atom. The maximum atomic E-state index is 5.86. The summed E-state index contributed by atoms with van der Waals surface area (Å²) in [5, 5.41) is 3.21. The van der Waals surface area contributed by atoms with Crippen molar-refractivity contribution in [3.05, 3.63) is 23.0 Å². The maximum absolute atomic E-state index is 5.86. The predicted molar refractivity (Wildman–Crippen MR) is 43.6 cm³/mol. The van der Waals surface area contributed by atoms with Crippen LogP contribution in [0.1, 0.15) is 6.92 Å². The average Bonchev–Trinajstić information content (AvgIpc) is 1.79. The molecule has 1 aliphatic rings. The van der Waals surface area contributed by atoms with Gasteiger partial charge in [-0.2, -0.15) is 0 Å². The summed E-state index contributed by atoms with van der Waals surface area (Å²) in [6.45, 7) is 1.79.